The molecule has 4 heteroatoms. The van der Waals surface area contributed by atoms with Crippen molar-refractivity contribution in [3.05, 3.63) is 76.8 Å². The minimum absolute atomic E-state index is 0.252. The number of carbonyl (C=O) groups is 1. The molecule has 3 aromatic carbocycles. The molecule has 3 aromatic rings. The summed E-state index contributed by atoms with van der Waals surface area (Å²) < 4.78 is 5.72. The SMILES string of the molecule is Cc1ccc(C[C@H](Oc2ccc3ccccc3c2)C(=O)O)cc1Cl. The Bertz CT molecular complexity index is 889. The Morgan fingerprint density at radius 1 is 1.08 bits per heavy atom. The summed E-state index contributed by atoms with van der Waals surface area (Å²) in [6.45, 7) is 1.91. The van der Waals surface area contributed by atoms with E-state index in [4.69, 9.17) is 16.3 Å². The molecule has 0 heterocycles. The van der Waals surface area contributed by atoms with Crippen LogP contribution in [-0.4, -0.2) is 17.2 Å². The van der Waals surface area contributed by atoms with Gasteiger partial charge in [-0.05, 0) is 47.0 Å². The molecule has 0 saturated carbocycles. The van der Waals surface area contributed by atoms with Crippen LogP contribution < -0.4 is 4.74 Å². The summed E-state index contributed by atoms with van der Waals surface area (Å²) in [5.41, 5.74) is 1.79. The van der Waals surface area contributed by atoms with E-state index >= 15 is 0 Å². The van der Waals surface area contributed by atoms with Crippen LogP contribution in [0.15, 0.2) is 60.7 Å². The summed E-state index contributed by atoms with van der Waals surface area (Å²) in [7, 11) is 0. The molecule has 0 aliphatic carbocycles. The maximum atomic E-state index is 11.6. The van der Waals surface area contributed by atoms with E-state index in [2.05, 4.69) is 0 Å². The molecule has 0 aromatic heterocycles. The molecule has 3 rings (SSSR count). The van der Waals surface area contributed by atoms with Gasteiger partial charge in [-0.3, -0.25) is 0 Å². The molecule has 0 aliphatic heterocycles. The van der Waals surface area contributed by atoms with Crippen molar-refractivity contribution in [3.8, 4) is 5.75 Å². The molecule has 24 heavy (non-hydrogen) atoms. The third-order valence-electron chi connectivity index (χ3n) is 3.93. The molecule has 1 atom stereocenters. The highest BCUT2D eigenvalue weighted by molar-refractivity contribution is 6.31. The zero-order chi connectivity index (χ0) is 17.1. The van der Waals surface area contributed by atoms with Gasteiger partial charge in [0, 0.05) is 11.4 Å². The molecule has 122 valence electrons. The maximum Gasteiger partial charge on any atom is 0.345 e. The van der Waals surface area contributed by atoms with Gasteiger partial charge < -0.3 is 9.84 Å². The number of carboxylic acid groups (broad SMARTS) is 1. The smallest absolute Gasteiger partial charge is 0.345 e. The number of aliphatic carboxylic acids is 1. The molecule has 1 N–H and O–H groups in total. The van der Waals surface area contributed by atoms with Gasteiger partial charge in [-0.25, -0.2) is 4.79 Å². The van der Waals surface area contributed by atoms with Gasteiger partial charge >= 0.3 is 5.97 Å². The van der Waals surface area contributed by atoms with E-state index in [0.29, 0.717) is 10.8 Å². The molecular formula is C20H17ClO3. The maximum absolute atomic E-state index is 11.6. The van der Waals surface area contributed by atoms with Crippen LogP contribution in [-0.2, 0) is 11.2 Å². The van der Waals surface area contributed by atoms with E-state index < -0.39 is 12.1 Å². The number of carboxylic acids is 1. The number of rotatable bonds is 5. The number of aryl methyl sites for hydroxylation is 1. The molecule has 0 unspecified atom stereocenters. The van der Waals surface area contributed by atoms with Gasteiger partial charge in [0.2, 0.25) is 0 Å². The van der Waals surface area contributed by atoms with Crippen molar-refractivity contribution in [2.75, 3.05) is 0 Å². The number of hydrogen-bond donors (Lipinski definition) is 1. The summed E-state index contributed by atoms with van der Waals surface area (Å²) >= 11 is 6.11. The van der Waals surface area contributed by atoms with Crippen molar-refractivity contribution in [3.63, 3.8) is 0 Å². The van der Waals surface area contributed by atoms with Crippen molar-refractivity contribution < 1.29 is 14.6 Å². The summed E-state index contributed by atoms with van der Waals surface area (Å²) in [4.78, 5) is 11.6. The van der Waals surface area contributed by atoms with Gasteiger partial charge in [-0.2, -0.15) is 0 Å². The monoisotopic (exact) mass is 340 g/mol. The highest BCUT2D eigenvalue weighted by Crippen LogP contribution is 2.23. The average Bonchev–Trinajstić information content (AvgIpc) is 2.57. The van der Waals surface area contributed by atoms with Gasteiger partial charge in [0.05, 0.1) is 0 Å². The van der Waals surface area contributed by atoms with Gasteiger partial charge in [0.25, 0.3) is 0 Å². The van der Waals surface area contributed by atoms with E-state index in [1.807, 2.05) is 55.5 Å². The topological polar surface area (TPSA) is 46.5 Å². The van der Waals surface area contributed by atoms with Crippen molar-refractivity contribution in [1.29, 1.82) is 0 Å². The fraction of sp³-hybridized carbons (Fsp3) is 0.150. The number of halogens is 1. The first kappa shape index (κ1) is 16.3. The van der Waals surface area contributed by atoms with Gasteiger partial charge in [0.15, 0.2) is 6.10 Å². The Kier molecular flexibility index (Phi) is 4.72. The first-order chi connectivity index (χ1) is 11.5. The van der Waals surface area contributed by atoms with Crippen LogP contribution in [0.25, 0.3) is 10.8 Å². The average molecular weight is 341 g/mol. The number of benzene rings is 3. The number of fused-ring (bicyclic) bond motifs is 1. The zero-order valence-electron chi connectivity index (χ0n) is 13.2. The Hall–Kier alpha value is -2.52. The van der Waals surface area contributed by atoms with Crippen LogP contribution in [0, 0.1) is 6.92 Å². The first-order valence-electron chi connectivity index (χ1n) is 7.66. The minimum Gasteiger partial charge on any atom is -0.478 e. The second-order valence-electron chi connectivity index (χ2n) is 5.74. The van der Waals surface area contributed by atoms with Crippen LogP contribution in [0.3, 0.4) is 0 Å². The third kappa shape index (κ3) is 3.69. The predicted molar refractivity (Wildman–Crippen MR) is 95.9 cm³/mol. The zero-order valence-corrected chi connectivity index (χ0v) is 14.0. The van der Waals surface area contributed by atoms with Crippen molar-refractivity contribution in [2.45, 2.75) is 19.4 Å². The molecule has 0 amide bonds. The Balaban J connectivity index is 1.82. The highest BCUT2D eigenvalue weighted by Gasteiger charge is 2.20. The van der Waals surface area contributed by atoms with Gasteiger partial charge in [0.1, 0.15) is 5.75 Å². The quantitative estimate of drug-likeness (QED) is 0.720. The summed E-state index contributed by atoms with van der Waals surface area (Å²) in [6.07, 6.45) is -0.716. The molecule has 0 spiro atoms. The van der Waals surface area contributed by atoms with E-state index in [1.165, 1.54) is 0 Å². The van der Waals surface area contributed by atoms with E-state index in [0.717, 1.165) is 21.9 Å². The second-order valence-corrected chi connectivity index (χ2v) is 6.15. The molecule has 0 aliphatic rings. The Morgan fingerprint density at radius 3 is 2.54 bits per heavy atom. The molecule has 0 saturated heterocycles. The lowest BCUT2D eigenvalue weighted by atomic mass is 10.1. The predicted octanol–water partition coefficient (Wildman–Crippen LogP) is 4.88. The molecule has 0 fully saturated rings. The molecular weight excluding hydrogens is 324 g/mol. The van der Waals surface area contributed by atoms with Crippen LogP contribution >= 0.6 is 11.6 Å². The van der Waals surface area contributed by atoms with Crippen molar-refractivity contribution >= 4 is 28.3 Å². The highest BCUT2D eigenvalue weighted by atomic mass is 35.5. The van der Waals surface area contributed by atoms with Crippen LogP contribution in [0.1, 0.15) is 11.1 Å². The summed E-state index contributed by atoms with van der Waals surface area (Å²) in [5, 5.41) is 12.2. The van der Waals surface area contributed by atoms with E-state index in [9.17, 15) is 9.90 Å². The largest absolute Gasteiger partial charge is 0.478 e. The normalized spacial score (nSPS) is 12.1. The third-order valence-corrected chi connectivity index (χ3v) is 4.34. The summed E-state index contributed by atoms with van der Waals surface area (Å²) in [5.74, 6) is -0.459. The van der Waals surface area contributed by atoms with Crippen LogP contribution in [0.2, 0.25) is 5.02 Å². The first-order valence-corrected chi connectivity index (χ1v) is 8.04. The van der Waals surface area contributed by atoms with Crippen LogP contribution in [0.4, 0.5) is 0 Å². The molecule has 3 nitrogen and oxygen atoms in total. The van der Waals surface area contributed by atoms with Crippen molar-refractivity contribution in [2.24, 2.45) is 0 Å². The number of ether oxygens (including phenoxy) is 1. The molecule has 0 radical (unpaired) electrons. The molecule has 0 bridgehead atoms. The lowest BCUT2D eigenvalue weighted by Gasteiger charge is -2.16. The van der Waals surface area contributed by atoms with Gasteiger partial charge in [-0.15, -0.1) is 0 Å². The van der Waals surface area contributed by atoms with E-state index in [-0.39, 0.29) is 6.42 Å². The lowest BCUT2D eigenvalue weighted by molar-refractivity contribution is -0.145. The van der Waals surface area contributed by atoms with Crippen molar-refractivity contribution in [1.82, 2.24) is 0 Å². The standard InChI is InChI=1S/C20H17ClO3/c1-13-6-7-14(10-18(13)21)11-19(20(22)23)24-17-9-8-15-4-2-3-5-16(15)12-17/h2-10,12,19H,11H2,1H3,(H,22,23)/t19-/m0/s1. The van der Waals surface area contributed by atoms with E-state index in [1.54, 1.807) is 12.1 Å². The number of hydrogen-bond acceptors (Lipinski definition) is 2. The second kappa shape index (κ2) is 6.93. The lowest BCUT2D eigenvalue weighted by Crippen LogP contribution is -2.29. The minimum atomic E-state index is -1.00. The Morgan fingerprint density at radius 2 is 1.83 bits per heavy atom. The van der Waals surface area contributed by atoms with Crippen LogP contribution in [0.5, 0.6) is 5.75 Å². The summed E-state index contributed by atoms with van der Waals surface area (Å²) in [6, 6.07) is 19.0. The Labute approximate surface area is 145 Å². The fourth-order valence-electron chi connectivity index (χ4n) is 2.56. The van der Waals surface area contributed by atoms with Gasteiger partial charge in [-0.1, -0.05) is 54.1 Å². The fourth-order valence-corrected chi connectivity index (χ4v) is 2.76.